The van der Waals surface area contributed by atoms with Crippen LogP contribution in [0.2, 0.25) is 0 Å². The summed E-state index contributed by atoms with van der Waals surface area (Å²) in [5.74, 6) is -1.90. The Hall–Kier alpha value is -2.98. The first-order valence-electron chi connectivity index (χ1n) is 7.73. The number of para-hydroxylation sites is 1. The Morgan fingerprint density at radius 2 is 1.78 bits per heavy atom. The number of nitrogens with zero attached hydrogens (tertiary/aromatic N) is 1. The van der Waals surface area contributed by atoms with Gasteiger partial charge < -0.3 is 9.84 Å². The Morgan fingerprint density at radius 3 is 2.26 bits per heavy atom. The number of nitro benzene ring substituents is 1. The Bertz CT molecular complexity index is 980. The van der Waals surface area contributed by atoms with E-state index >= 15 is 0 Å². The van der Waals surface area contributed by atoms with Crippen LogP contribution in [0.5, 0.6) is 11.5 Å². The van der Waals surface area contributed by atoms with E-state index in [0.717, 1.165) is 12.1 Å². The first kappa shape index (κ1) is 20.3. The number of carboxylic acids is 1. The van der Waals surface area contributed by atoms with Crippen LogP contribution >= 0.6 is 0 Å². The van der Waals surface area contributed by atoms with Crippen LogP contribution in [0.25, 0.3) is 0 Å². The first-order valence-corrected chi connectivity index (χ1v) is 9.21. The maximum atomic E-state index is 12.8. The van der Waals surface area contributed by atoms with Gasteiger partial charge in [0, 0.05) is 11.6 Å². The molecule has 0 saturated carbocycles. The molecule has 10 heteroatoms. The minimum Gasteiger partial charge on any atom is -0.478 e. The molecule has 2 rings (SSSR count). The zero-order chi connectivity index (χ0) is 20.4. The molecule has 0 amide bonds. The quantitative estimate of drug-likeness (QED) is 0.567. The zero-order valence-electron chi connectivity index (χ0n) is 14.8. The summed E-state index contributed by atoms with van der Waals surface area (Å²) < 4.78 is 33.4. The van der Waals surface area contributed by atoms with E-state index in [1.165, 1.54) is 12.1 Å². The number of hydrogen-bond donors (Lipinski definition) is 2. The fraction of sp³-hybridized carbons (Fsp3) is 0.235. The summed E-state index contributed by atoms with van der Waals surface area (Å²) in [6, 6.07) is 9.47. The summed E-state index contributed by atoms with van der Waals surface area (Å²) in [5, 5.41) is 20.7. The van der Waals surface area contributed by atoms with Gasteiger partial charge in [-0.2, -0.15) is 0 Å². The van der Waals surface area contributed by atoms with Gasteiger partial charge in [0.05, 0.1) is 10.5 Å². The van der Waals surface area contributed by atoms with Crippen LogP contribution in [0.3, 0.4) is 0 Å². The molecule has 0 heterocycles. The molecule has 2 aromatic rings. The Morgan fingerprint density at radius 1 is 1.19 bits per heavy atom. The summed E-state index contributed by atoms with van der Waals surface area (Å²) in [6.45, 7) is 4.74. The fourth-order valence-electron chi connectivity index (χ4n) is 2.21. The van der Waals surface area contributed by atoms with E-state index in [1.54, 1.807) is 39.0 Å². The highest BCUT2D eigenvalue weighted by atomic mass is 32.2. The van der Waals surface area contributed by atoms with Crippen LogP contribution in [-0.4, -0.2) is 30.0 Å². The third-order valence-corrected chi connectivity index (χ3v) is 4.94. The zero-order valence-corrected chi connectivity index (χ0v) is 15.6. The molecule has 9 nitrogen and oxygen atoms in total. The van der Waals surface area contributed by atoms with E-state index in [2.05, 4.69) is 4.72 Å². The smallest absolute Gasteiger partial charge is 0.335 e. The van der Waals surface area contributed by atoms with E-state index in [-0.39, 0.29) is 5.75 Å². The normalized spacial score (nSPS) is 11.8. The van der Waals surface area contributed by atoms with Crippen LogP contribution in [0.15, 0.2) is 47.4 Å². The second-order valence-corrected chi connectivity index (χ2v) is 8.31. The summed E-state index contributed by atoms with van der Waals surface area (Å²) in [7, 11) is -4.32. The lowest BCUT2D eigenvalue weighted by Gasteiger charge is -2.21. The number of nitro groups is 1. The van der Waals surface area contributed by atoms with Crippen molar-refractivity contribution in [1.29, 1.82) is 0 Å². The van der Waals surface area contributed by atoms with Crippen LogP contribution in [0.4, 0.5) is 5.69 Å². The average Bonchev–Trinajstić information content (AvgIpc) is 2.53. The van der Waals surface area contributed by atoms with Gasteiger partial charge in [0.25, 0.3) is 0 Å². The lowest BCUT2D eigenvalue weighted by molar-refractivity contribution is -0.385. The van der Waals surface area contributed by atoms with Crippen molar-refractivity contribution in [2.24, 2.45) is 0 Å². The van der Waals surface area contributed by atoms with Gasteiger partial charge >= 0.3 is 11.7 Å². The fourth-order valence-corrected chi connectivity index (χ4v) is 3.80. The third-order valence-electron chi connectivity index (χ3n) is 3.17. The van der Waals surface area contributed by atoms with E-state index in [4.69, 9.17) is 4.74 Å². The molecule has 0 bridgehead atoms. The number of carbonyl (C=O) groups is 1. The highest BCUT2D eigenvalue weighted by Gasteiger charge is 2.33. The third kappa shape index (κ3) is 5.02. The Labute approximate surface area is 155 Å². The summed E-state index contributed by atoms with van der Waals surface area (Å²) in [5.41, 5.74) is -2.22. The monoisotopic (exact) mass is 394 g/mol. The second-order valence-electron chi connectivity index (χ2n) is 6.66. The van der Waals surface area contributed by atoms with Crippen molar-refractivity contribution in [2.75, 3.05) is 0 Å². The maximum Gasteiger partial charge on any atom is 0.335 e. The average molecular weight is 394 g/mol. The highest BCUT2D eigenvalue weighted by molar-refractivity contribution is 7.89. The van der Waals surface area contributed by atoms with Crippen molar-refractivity contribution >= 4 is 21.7 Å². The molecule has 0 radical (unpaired) electrons. The molecule has 2 aromatic carbocycles. The molecule has 0 fully saturated rings. The summed E-state index contributed by atoms with van der Waals surface area (Å²) in [4.78, 5) is 21.3. The predicted octanol–water partition coefficient (Wildman–Crippen LogP) is 3.16. The van der Waals surface area contributed by atoms with Gasteiger partial charge in [0.1, 0.15) is 10.6 Å². The highest BCUT2D eigenvalue weighted by Crippen LogP contribution is 2.39. The van der Waals surface area contributed by atoms with Crippen molar-refractivity contribution in [1.82, 2.24) is 4.72 Å². The van der Waals surface area contributed by atoms with Gasteiger partial charge in [0.2, 0.25) is 15.8 Å². The van der Waals surface area contributed by atoms with Crippen molar-refractivity contribution in [2.45, 2.75) is 31.2 Å². The van der Waals surface area contributed by atoms with Crippen LogP contribution in [0, 0.1) is 10.1 Å². The van der Waals surface area contributed by atoms with E-state index in [9.17, 15) is 28.4 Å². The van der Waals surface area contributed by atoms with Crippen LogP contribution in [-0.2, 0) is 10.0 Å². The molecule has 0 saturated heterocycles. The molecule has 0 aliphatic heterocycles. The van der Waals surface area contributed by atoms with Gasteiger partial charge in [0.15, 0.2) is 0 Å². The number of nitrogens with one attached hydrogen (secondary N) is 1. The number of rotatable bonds is 6. The molecule has 0 unspecified atom stereocenters. The molecule has 0 aromatic heterocycles. The van der Waals surface area contributed by atoms with Crippen LogP contribution < -0.4 is 9.46 Å². The number of sulfonamides is 1. The number of ether oxygens (including phenoxy) is 1. The molecule has 27 heavy (non-hydrogen) atoms. The van der Waals surface area contributed by atoms with Crippen molar-refractivity contribution in [3.63, 3.8) is 0 Å². The number of carboxylic acid groups (broad SMARTS) is 1. The Balaban J connectivity index is 2.78. The maximum absolute atomic E-state index is 12.8. The van der Waals surface area contributed by atoms with Gasteiger partial charge in [-0.25, -0.2) is 17.9 Å². The predicted molar refractivity (Wildman–Crippen MR) is 96.6 cm³/mol. The lowest BCUT2D eigenvalue weighted by Crippen LogP contribution is -2.40. The van der Waals surface area contributed by atoms with E-state index in [1.807, 2.05) is 0 Å². The summed E-state index contributed by atoms with van der Waals surface area (Å²) in [6.07, 6.45) is 0. The van der Waals surface area contributed by atoms with Crippen molar-refractivity contribution in [3.8, 4) is 11.5 Å². The first-order chi connectivity index (χ1) is 12.4. The molecule has 0 spiro atoms. The molecule has 2 N–H and O–H groups in total. The number of benzene rings is 2. The van der Waals surface area contributed by atoms with E-state index < -0.39 is 48.4 Å². The number of hydrogen-bond acceptors (Lipinski definition) is 6. The van der Waals surface area contributed by atoms with Crippen LogP contribution in [0.1, 0.15) is 31.1 Å². The minimum absolute atomic E-state index is 0.163. The second kappa shape index (κ2) is 7.33. The van der Waals surface area contributed by atoms with E-state index in [0.29, 0.717) is 0 Å². The van der Waals surface area contributed by atoms with Gasteiger partial charge in [-0.05, 0) is 39.0 Å². The summed E-state index contributed by atoms with van der Waals surface area (Å²) >= 11 is 0. The lowest BCUT2D eigenvalue weighted by atomic mass is 10.1. The van der Waals surface area contributed by atoms with Crippen molar-refractivity contribution < 1.29 is 28.0 Å². The van der Waals surface area contributed by atoms with Crippen molar-refractivity contribution in [3.05, 3.63) is 58.1 Å². The molecule has 0 aliphatic carbocycles. The molecular weight excluding hydrogens is 376 g/mol. The molecule has 0 atom stereocenters. The van der Waals surface area contributed by atoms with Gasteiger partial charge in [-0.1, -0.05) is 18.2 Å². The van der Waals surface area contributed by atoms with Gasteiger partial charge in [-0.15, -0.1) is 0 Å². The molecule has 0 aliphatic rings. The number of aromatic carboxylic acids is 1. The molecular formula is C17H18N2O7S. The largest absolute Gasteiger partial charge is 0.478 e. The molecule has 144 valence electrons. The van der Waals surface area contributed by atoms with Gasteiger partial charge in [-0.3, -0.25) is 10.1 Å². The topological polar surface area (TPSA) is 136 Å². The minimum atomic E-state index is -4.32. The Kier molecular flexibility index (Phi) is 5.52. The SMILES string of the molecule is CC(C)(C)NS(=O)(=O)c1cc(C(=O)O)cc([N+](=O)[O-])c1Oc1ccccc1. The standard InChI is InChI=1S/C17H18N2O7S/c1-17(2,3)18-27(24,25)14-10-11(16(20)21)9-13(19(22)23)15(14)26-12-7-5-4-6-8-12/h4-10,18H,1-3H3,(H,20,21).